The van der Waals surface area contributed by atoms with Crippen LogP contribution < -0.4 is 10.6 Å². The lowest BCUT2D eigenvalue weighted by Crippen LogP contribution is -2.47. The fourth-order valence-corrected chi connectivity index (χ4v) is 5.02. The highest BCUT2D eigenvalue weighted by Gasteiger charge is 2.41. The van der Waals surface area contributed by atoms with Crippen LogP contribution in [0.5, 0.6) is 0 Å². The Morgan fingerprint density at radius 3 is 2.39 bits per heavy atom. The number of fused-ring (bicyclic) bond motifs is 1. The van der Waals surface area contributed by atoms with Gasteiger partial charge in [-0.1, -0.05) is 36.4 Å². The van der Waals surface area contributed by atoms with Gasteiger partial charge in [0.05, 0.1) is 6.04 Å². The van der Waals surface area contributed by atoms with E-state index in [0.717, 1.165) is 32.4 Å². The van der Waals surface area contributed by atoms with Crippen LogP contribution in [0.15, 0.2) is 53.4 Å². The fraction of sp³-hybridized carbons (Fsp3) is 0.435. The number of likely N-dealkylation sites (tertiary alicyclic amines) is 1. The number of benzene rings is 2. The van der Waals surface area contributed by atoms with Crippen molar-refractivity contribution in [2.24, 2.45) is 0 Å². The van der Waals surface area contributed by atoms with E-state index in [1.807, 2.05) is 0 Å². The predicted molar refractivity (Wildman–Crippen MR) is 116 cm³/mol. The Labute approximate surface area is 172 Å². The Morgan fingerprint density at radius 1 is 1.11 bits per heavy atom. The van der Waals surface area contributed by atoms with E-state index in [1.54, 1.807) is 18.8 Å². The zero-order valence-electron chi connectivity index (χ0n) is 16.7. The van der Waals surface area contributed by atoms with E-state index in [0.29, 0.717) is 12.1 Å². The normalized spacial score (nSPS) is 22.4. The molecule has 4 nitrogen and oxygen atoms in total. The molecule has 0 aromatic heterocycles. The Bertz CT molecular complexity index is 798. The maximum Gasteiger partial charge on any atom is 0.237 e. The summed E-state index contributed by atoms with van der Waals surface area (Å²) in [6, 6.07) is 18.1. The third kappa shape index (κ3) is 4.12. The van der Waals surface area contributed by atoms with E-state index < -0.39 is 0 Å². The highest BCUT2D eigenvalue weighted by molar-refractivity contribution is 7.98. The van der Waals surface area contributed by atoms with E-state index in [2.05, 4.69) is 70.3 Å². The second-order valence-electron chi connectivity index (χ2n) is 7.82. The van der Waals surface area contributed by atoms with Crippen molar-refractivity contribution in [1.82, 2.24) is 15.5 Å². The molecule has 2 N–H and O–H groups in total. The minimum atomic E-state index is -0.0410. The molecule has 28 heavy (non-hydrogen) atoms. The second kappa shape index (κ2) is 8.68. The minimum Gasteiger partial charge on any atom is -0.358 e. The maximum atomic E-state index is 12.6. The molecule has 2 aromatic carbocycles. The largest absolute Gasteiger partial charge is 0.358 e. The Hall–Kier alpha value is -1.82. The van der Waals surface area contributed by atoms with E-state index in [9.17, 15) is 4.79 Å². The first kappa shape index (κ1) is 19.5. The molecule has 148 valence electrons. The van der Waals surface area contributed by atoms with Crippen molar-refractivity contribution < 1.29 is 4.79 Å². The number of nitrogens with zero attached hydrogens (tertiary/aromatic N) is 1. The van der Waals surface area contributed by atoms with Gasteiger partial charge in [-0.2, -0.15) is 0 Å². The molecule has 1 aliphatic heterocycles. The van der Waals surface area contributed by atoms with Crippen LogP contribution in [0.1, 0.15) is 23.1 Å². The molecule has 1 heterocycles. The van der Waals surface area contributed by atoms with Crippen molar-refractivity contribution in [3.8, 4) is 0 Å². The standard InChI is InChI=1S/C23H29N3OS/c1-24-23(27)22-13-19(25-14-16-7-9-21(28-2)10-8-16)15-26(22)20-11-17-5-3-4-6-18(17)12-20/h3-10,19-20,22,25H,11-15H2,1-2H3,(H,24,27)/t19-,22+/m1/s1. The number of nitrogens with one attached hydrogen (secondary N) is 2. The number of rotatable bonds is 6. The molecule has 1 fully saturated rings. The molecule has 4 rings (SSSR count). The van der Waals surface area contributed by atoms with Crippen LogP contribution in [0.3, 0.4) is 0 Å². The summed E-state index contributed by atoms with van der Waals surface area (Å²) < 4.78 is 0. The van der Waals surface area contributed by atoms with Gasteiger partial charge in [-0.25, -0.2) is 0 Å². The van der Waals surface area contributed by atoms with Gasteiger partial charge < -0.3 is 10.6 Å². The van der Waals surface area contributed by atoms with E-state index >= 15 is 0 Å². The topological polar surface area (TPSA) is 44.4 Å². The number of carbonyl (C=O) groups excluding carboxylic acids is 1. The lowest BCUT2D eigenvalue weighted by Gasteiger charge is -2.29. The van der Waals surface area contributed by atoms with Crippen LogP contribution in [0, 0.1) is 0 Å². The highest BCUT2D eigenvalue weighted by Crippen LogP contribution is 2.31. The van der Waals surface area contributed by atoms with Crippen LogP contribution >= 0.6 is 11.8 Å². The fourth-order valence-electron chi connectivity index (χ4n) is 4.61. The summed E-state index contributed by atoms with van der Waals surface area (Å²) in [4.78, 5) is 16.3. The summed E-state index contributed by atoms with van der Waals surface area (Å²) in [6.45, 7) is 1.78. The van der Waals surface area contributed by atoms with Gasteiger partial charge in [0.2, 0.25) is 5.91 Å². The summed E-state index contributed by atoms with van der Waals surface area (Å²) in [7, 11) is 1.75. The first-order valence-electron chi connectivity index (χ1n) is 10.1. The number of thioether (sulfide) groups is 1. The zero-order valence-corrected chi connectivity index (χ0v) is 17.5. The van der Waals surface area contributed by atoms with Gasteiger partial charge in [-0.15, -0.1) is 11.8 Å². The molecule has 1 aliphatic carbocycles. The Balaban J connectivity index is 1.41. The zero-order chi connectivity index (χ0) is 19.5. The molecule has 1 saturated heterocycles. The maximum absolute atomic E-state index is 12.6. The highest BCUT2D eigenvalue weighted by atomic mass is 32.2. The summed E-state index contributed by atoms with van der Waals surface area (Å²) in [6.07, 6.45) is 5.06. The quantitative estimate of drug-likeness (QED) is 0.739. The molecule has 0 spiro atoms. The molecule has 2 aromatic rings. The monoisotopic (exact) mass is 395 g/mol. The van der Waals surface area contributed by atoms with Gasteiger partial charge in [0, 0.05) is 37.1 Å². The average molecular weight is 396 g/mol. The molecule has 1 amide bonds. The van der Waals surface area contributed by atoms with Gasteiger partial charge in [0.1, 0.15) is 0 Å². The van der Waals surface area contributed by atoms with Crippen molar-refractivity contribution >= 4 is 17.7 Å². The molecule has 2 aliphatic rings. The van der Waals surface area contributed by atoms with Crippen LogP contribution in [-0.2, 0) is 24.2 Å². The van der Waals surface area contributed by atoms with E-state index in [4.69, 9.17) is 0 Å². The molecule has 0 unspecified atom stereocenters. The molecular formula is C23H29N3OS. The smallest absolute Gasteiger partial charge is 0.237 e. The summed E-state index contributed by atoms with van der Waals surface area (Å²) in [5, 5.41) is 6.57. The number of hydrogen-bond acceptors (Lipinski definition) is 4. The van der Waals surface area contributed by atoms with Crippen LogP contribution in [0.4, 0.5) is 0 Å². The van der Waals surface area contributed by atoms with Crippen molar-refractivity contribution in [2.45, 2.75) is 48.8 Å². The first-order chi connectivity index (χ1) is 13.7. The number of carbonyl (C=O) groups is 1. The SMILES string of the molecule is CNC(=O)[C@@H]1C[C@@H](NCc2ccc(SC)cc2)CN1C1Cc2ccccc2C1. The summed E-state index contributed by atoms with van der Waals surface area (Å²) >= 11 is 1.76. The van der Waals surface area contributed by atoms with Gasteiger partial charge in [-0.05, 0) is 54.3 Å². The summed E-state index contributed by atoms with van der Waals surface area (Å²) in [5.74, 6) is 0.143. The van der Waals surface area contributed by atoms with Crippen molar-refractivity contribution in [3.63, 3.8) is 0 Å². The van der Waals surface area contributed by atoms with Gasteiger partial charge in [-0.3, -0.25) is 9.69 Å². The number of amides is 1. The molecule has 0 saturated carbocycles. The summed E-state index contributed by atoms with van der Waals surface area (Å²) in [5.41, 5.74) is 4.17. The van der Waals surface area contributed by atoms with Crippen molar-refractivity contribution in [3.05, 3.63) is 65.2 Å². The number of hydrogen-bond donors (Lipinski definition) is 2. The molecule has 0 radical (unpaired) electrons. The van der Waals surface area contributed by atoms with Crippen LogP contribution in [0.2, 0.25) is 0 Å². The second-order valence-corrected chi connectivity index (χ2v) is 8.70. The lowest BCUT2D eigenvalue weighted by atomic mass is 10.1. The molecule has 2 atom stereocenters. The third-order valence-corrected chi connectivity index (χ3v) is 6.88. The predicted octanol–water partition coefficient (Wildman–Crippen LogP) is 2.85. The van der Waals surface area contributed by atoms with Crippen LogP contribution in [0.25, 0.3) is 0 Å². The Kier molecular flexibility index (Phi) is 6.04. The van der Waals surface area contributed by atoms with Gasteiger partial charge >= 0.3 is 0 Å². The van der Waals surface area contributed by atoms with Crippen LogP contribution in [-0.4, -0.2) is 48.8 Å². The molecule has 5 heteroatoms. The van der Waals surface area contributed by atoms with Crippen molar-refractivity contribution in [2.75, 3.05) is 19.8 Å². The van der Waals surface area contributed by atoms with Crippen molar-refractivity contribution in [1.29, 1.82) is 0 Å². The average Bonchev–Trinajstić information content (AvgIpc) is 3.36. The van der Waals surface area contributed by atoms with E-state index in [-0.39, 0.29) is 11.9 Å². The first-order valence-corrected chi connectivity index (χ1v) is 11.3. The lowest BCUT2D eigenvalue weighted by molar-refractivity contribution is -0.125. The van der Waals surface area contributed by atoms with Gasteiger partial charge in [0.25, 0.3) is 0 Å². The molecule has 0 bridgehead atoms. The minimum absolute atomic E-state index is 0.0410. The third-order valence-electron chi connectivity index (χ3n) is 6.14. The van der Waals surface area contributed by atoms with Gasteiger partial charge in [0.15, 0.2) is 0 Å². The number of likely N-dealkylation sites (N-methyl/N-ethyl adjacent to an activating group) is 1. The Morgan fingerprint density at radius 2 is 1.79 bits per heavy atom. The van der Waals surface area contributed by atoms with E-state index in [1.165, 1.54) is 21.6 Å². The molecular weight excluding hydrogens is 366 g/mol.